The lowest BCUT2D eigenvalue weighted by molar-refractivity contribution is -0.387. The van der Waals surface area contributed by atoms with Gasteiger partial charge in [0.1, 0.15) is 12.4 Å². The molecule has 170 valence electrons. The number of aromatic amines is 1. The first-order valence-electron chi connectivity index (χ1n) is 9.67. The zero-order chi connectivity index (χ0) is 24.0. The fraction of sp³-hybridized carbons (Fsp3) is 0.130. The molecule has 0 radical (unpaired) electrons. The Morgan fingerprint density at radius 3 is 2.61 bits per heavy atom. The van der Waals surface area contributed by atoms with Crippen LogP contribution in [0, 0.1) is 10.1 Å². The summed E-state index contributed by atoms with van der Waals surface area (Å²) in [5, 5.41) is 21.1. The first kappa shape index (κ1) is 23.6. The number of nitrogens with one attached hydrogen (secondary N) is 1. The van der Waals surface area contributed by atoms with Crippen molar-refractivity contribution in [3.8, 4) is 17.4 Å². The highest BCUT2D eigenvalue weighted by Crippen LogP contribution is 2.35. The van der Waals surface area contributed by atoms with E-state index in [1.165, 1.54) is 13.2 Å². The topological polar surface area (TPSA) is 128 Å². The third-order valence-electron chi connectivity index (χ3n) is 4.55. The van der Waals surface area contributed by atoms with Gasteiger partial charge in [0.25, 0.3) is 5.88 Å². The van der Waals surface area contributed by atoms with E-state index in [-0.39, 0.29) is 5.82 Å². The number of methoxy groups -OCH3 is 1. The minimum Gasteiger partial charge on any atom is -0.493 e. The number of aromatic hydroxyl groups is 1. The molecule has 1 aromatic heterocycles. The van der Waals surface area contributed by atoms with Crippen LogP contribution in [0.4, 0.5) is 5.69 Å². The molecule has 0 atom stereocenters. The van der Waals surface area contributed by atoms with Crippen LogP contribution in [-0.2, 0) is 13.0 Å². The van der Waals surface area contributed by atoms with E-state index < -0.39 is 22.0 Å². The number of nitro groups is 1. The van der Waals surface area contributed by atoms with Crippen LogP contribution in [-0.4, -0.2) is 27.1 Å². The molecule has 33 heavy (non-hydrogen) atoms. The summed E-state index contributed by atoms with van der Waals surface area (Å²) in [5.74, 6) is 0.0367. The first-order valence-corrected chi connectivity index (χ1v) is 10.0. The van der Waals surface area contributed by atoms with Crippen molar-refractivity contribution in [3.63, 3.8) is 0 Å². The predicted octanol–water partition coefficient (Wildman–Crippen LogP) is 4.52. The summed E-state index contributed by atoms with van der Waals surface area (Å²) in [5.41, 5.74) is 0.365. The quantitative estimate of drug-likeness (QED) is 0.268. The third kappa shape index (κ3) is 5.78. The Balaban J connectivity index is 1.91. The molecule has 3 aromatic rings. The van der Waals surface area contributed by atoms with Gasteiger partial charge in [-0.2, -0.15) is 4.98 Å². The van der Waals surface area contributed by atoms with E-state index in [9.17, 15) is 20.0 Å². The van der Waals surface area contributed by atoms with Gasteiger partial charge in [0.2, 0.25) is 0 Å². The van der Waals surface area contributed by atoms with Gasteiger partial charge < -0.3 is 19.6 Å². The molecular formula is C23H20ClN3O6. The van der Waals surface area contributed by atoms with Crippen LogP contribution in [0.15, 0.2) is 53.8 Å². The zero-order valence-corrected chi connectivity index (χ0v) is 18.3. The van der Waals surface area contributed by atoms with E-state index in [1.54, 1.807) is 30.4 Å². The Bertz CT molecular complexity index is 1270. The third-order valence-corrected chi connectivity index (χ3v) is 4.80. The monoisotopic (exact) mass is 469 g/mol. The summed E-state index contributed by atoms with van der Waals surface area (Å²) >= 11 is 5.93. The number of allylic oxidation sites excluding steroid dienone is 1. The number of rotatable bonds is 9. The molecule has 0 aliphatic heterocycles. The summed E-state index contributed by atoms with van der Waals surface area (Å²) < 4.78 is 11.5. The number of ether oxygens (including phenoxy) is 2. The van der Waals surface area contributed by atoms with Crippen LogP contribution < -0.4 is 15.0 Å². The molecule has 10 heteroatoms. The van der Waals surface area contributed by atoms with E-state index in [4.69, 9.17) is 21.1 Å². The Hall–Kier alpha value is -4.11. The SMILES string of the molecule is C=CCc1cc(/C=C/c2nc(O)c([N+](=O)[O-])c(=O)[nH]2)cc(OC)c1OCc1ccc(Cl)cc1. The molecule has 3 rings (SSSR count). The largest absolute Gasteiger partial charge is 0.493 e. The number of hydrogen-bond donors (Lipinski definition) is 2. The second-order valence-corrected chi connectivity index (χ2v) is 7.27. The van der Waals surface area contributed by atoms with Gasteiger partial charge in [-0.25, -0.2) is 0 Å². The van der Waals surface area contributed by atoms with Gasteiger partial charge in [-0.1, -0.05) is 35.9 Å². The number of halogens is 1. The van der Waals surface area contributed by atoms with Gasteiger partial charge in [0.15, 0.2) is 11.5 Å². The van der Waals surface area contributed by atoms with Crippen molar-refractivity contribution in [2.75, 3.05) is 7.11 Å². The minimum atomic E-state index is -1.05. The fourth-order valence-corrected chi connectivity index (χ4v) is 3.16. The van der Waals surface area contributed by atoms with Crippen molar-refractivity contribution in [2.24, 2.45) is 0 Å². The molecule has 0 bridgehead atoms. The molecule has 2 aromatic carbocycles. The van der Waals surface area contributed by atoms with Crippen molar-refractivity contribution in [3.05, 3.63) is 97.1 Å². The van der Waals surface area contributed by atoms with E-state index in [0.717, 1.165) is 11.1 Å². The van der Waals surface area contributed by atoms with Gasteiger partial charge in [0, 0.05) is 10.6 Å². The van der Waals surface area contributed by atoms with Crippen LogP contribution in [0.25, 0.3) is 12.2 Å². The molecule has 0 aliphatic carbocycles. The summed E-state index contributed by atoms with van der Waals surface area (Å²) in [7, 11) is 1.52. The van der Waals surface area contributed by atoms with E-state index in [0.29, 0.717) is 35.1 Å². The van der Waals surface area contributed by atoms with Gasteiger partial charge in [0.05, 0.1) is 12.0 Å². The summed E-state index contributed by atoms with van der Waals surface area (Å²) in [6, 6.07) is 10.9. The van der Waals surface area contributed by atoms with Crippen molar-refractivity contribution in [1.82, 2.24) is 9.97 Å². The molecule has 9 nitrogen and oxygen atoms in total. The Morgan fingerprint density at radius 2 is 2.00 bits per heavy atom. The Labute approximate surface area is 193 Å². The fourth-order valence-electron chi connectivity index (χ4n) is 3.03. The summed E-state index contributed by atoms with van der Waals surface area (Å²) in [4.78, 5) is 27.5. The number of nitrogens with zero attached hydrogens (tertiary/aromatic N) is 2. The van der Waals surface area contributed by atoms with Gasteiger partial charge in [-0.05, 0) is 47.9 Å². The van der Waals surface area contributed by atoms with Crippen LogP contribution in [0.3, 0.4) is 0 Å². The molecule has 0 aliphatic rings. The molecule has 2 N–H and O–H groups in total. The predicted molar refractivity (Wildman–Crippen MR) is 125 cm³/mol. The van der Waals surface area contributed by atoms with Crippen molar-refractivity contribution in [1.29, 1.82) is 0 Å². The van der Waals surface area contributed by atoms with E-state index >= 15 is 0 Å². The Kier molecular flexibility index (Phi) is 7.47. The smallest absolute Gasteiger partial charge is 0.395 e. The maximum absolute atomic E-state index is 11.8. The standard InChI is InChI=1S/C23H20ClN3O6/c1-3-4-16-11-15(7-10-19-25-22(28)20(27(30)31)23(29)26-19)12-18(32-2)21(16)33-13-14-5-8-17(24)9-6-14/h3,5-12H,1,4,13H2,2H3,(H2,25,26,28,29)/b10-7+. The van der Waals surface area contributed by atoms with Crippen molar-refractivity contribution >= 4 is 29.4 Å². The lowest BCUT2D eigenvalue weighted by Crippen LogP contribution is -2.14. The highest BCUT2D eigenvalue weighted by Gasteiger charge is 2.21. The molecule has 0 saturated heterocycles. The minimum absolute atomic E-state index is 0.0459. The highest BCUT2D eigenvalue weighted by atomic mass is 35.5. The zero-order valence-electron chi connectivity index (χ0n) is 17.6. The van der Waals surface area contributed by atoms with Crippen LogP contribution >= 0.6 is 11.6 Å². The average Bonchev–Trinajstić information content (AvgIpc) is 2.77. The summed E-state index contributed by atoms with van der Waals surface area (Å²) in [6.07, 6.45) is 5.25. The second kappa shape index (κ2) is 10.5. The maximum atomic E-state index is 11.8. The Morgan fingerprint density at radius 1 is 1.27 bits per heavy atom. The van der Waals surface area contributed by atoms with Crippen LogP contribution in [0.1, 0.15) is 22.5 Å². The lowest BCUT2D eigenvalue weighted by atomic mass is 10.0. The van der Waals surface area contributed by atoms with Crippen molar-refractivity contribution < 1.29 is 19.5 Å². The normalized spacial score (nSPS) is 10.8. The van der Waals surface area contributed by atoms with E-state index in [1.807, 2.05) is 18.2 Å². The number of H-pyrrole nitrogens is 1. The summed E-state index contributed by atoms with van der Waals surface area (Å²) in [6.45, 7) is 4.09. The lowest BCUT2D eigenvalue weighted by Gasteiger charge is -2.16. The number of hydrogen-bond acceptors (Lipinski definition) is 7. The molecule has 1 heterocycles. The first-order chi connectivity index (χ1) is 15.8. The van der Waals surface area contributed by atoms with Crippen LogP contribution in [0.2, 0.25) is 5.02 Å². The molecule has 0 unspecified atom stereocenters. The van der Waals surface area contributed by atoms with Gasteiger partial charge >= 0.3 is 11.2 Å². The maximum Gasteiger partial charge on any atom is 0.395 e. The van der Waals surface area contributed by atoms with Crippen LogP contribution in [0.5, 0.6) is 17.4 Å². The number of benzene rings is 2. The van der Waals surface area contributed by atoms with E-state index in [2.05, 4.69) is 16.5 Å². The van der Waals surface area contributed by atoms with Gasteiger partial charge in [-0.3, -0.25) is 14.9 Å². The van der Waals surface area contributed by atoms with Gasteiger partial charge in [-0.15, -0.1) is 6.58 Å². The molecular weight excluding hydrogens is 450 g/mol. The number of aromatic nitrogens is 2. The second-order valence-electron chi connectivity index (χ2n) is 6.83. The highest BCUT2D eigenvalue weighted by molar-refractivity contribution is 6.30. The van der Waals surface area contributed by atoms with Crippen molar-refractivity contribution in [2.45, 2.75) is 13.0 Å². The molecule has 0 spiro atoms. The molecule has 0 saturated carbocycles. The molecule has 0 amide bonds. The molecule has 0 fully saturated rings. The average molecular weight is 470 g/mol.